The highest BCUT2D eigenvalue weighted by molar-refractivity contribution is 9.10. The molecule has 0 radical (unpaired) electrons. The zero-order chi connectivity index (χ0) is 21.1. The van der Waals surface area contributed by atoms with E-state index >= 15 is 0 Å². The summed E-state index contributed by atoms with van der Waals surface area (Å²) < 4.78 is 7.93. The molecule has 0 spiro atoms. The second kappa shape index (κ2) is 9.07. The number of nitrogens with zero attached hydrogens (tertiary/aromatic N) is 3. The standard InChI is InChI=1S/C22H15Br2N3O2S/c1-29-18-8-5-14(6-9-18)13-25-27(21(28)15-3-2-4-16(23)11-15)22-26-19-10-7-17(24)12-20(19)30-22/h2-13H,1H3/b25-13+. The van der Waals surface area contributed by atoms with Crippen molar-refractivity contribution in [1.29, 1.82) is 0 Å². The number of rotatable bonds is 5. The Kier molecular flexibility index (Phi) is 6.26. The first kappa shape index (κ1) is 20.7. The van der Waals surface area contributed by atoms with Gasteiger partial charge in [0.25, 0.3) is 5.91 Å². The molecule has 0 unspecified atom stereocenters. The van der Waals surface area contributed by atoms with E-state index in [1.54, 1.807) is 25.5 Å². The third-order valence-electron chi connectivity index (χ3n) is 4.22. The molecule has 0 bridgehead atoms. The lowest BCUT2D eigenvalue weighted by molar-refractivity contribution is 0.0988. The summed E-state index contributed by atoms with van der Waals surface area (Å²) in [5, 5.41) is 6.32. The van der Waals surface area contributed by atoms with Gasteiger partial charge >= 0.3 is 0 Å². The Morgan fingerprint density at radius 1 is 1.07 bits per heavy atom. The van der Waals surface area contributed by atoms with Crippen LogP contribution in [0.5, 0.6) is 5.75 Å². The highest BCUT2D eigenvalue weighted by atomic mass is 79.9. The maximum absolute atomic E-state index is 13.3. The number of halogens is 2. The largest absolute Gasteiger partial charge is 0.497 e. The van der Waals surface area contributed by atoms with Gasteiger partial charge in [-0.25, -0.2) is 4.98 Å². The molecule has 3 aromatic carbocycles. The van der Waals surface area contributed by atoms with Crippen LogP contribution in [0.15, 0.2) is 80.8 Å². The number of carbonyl (C=O) groups excluding carboxylic acids is 1. The monoisotopic (exact) mass is 543 g/mol. The molecular weight excluding hydrogens is 530 g/mol. The van der Waals surface area contributed by atoms with Gasteiger partial charge in [-0.3, -0.25) is 4.79 Å². The Morgan fingerprint density at radius 2 is 1.83 bits per heavy atom. The summed E-state index contributed by atoms with van der Waals surface area (Å²) >= 11 is 8.31. The topological polar surface area (TPSA) is 54.8 Å². The molecule has 0 saturated carbocycles. The van der Waals surface area contributed by atoms with Gasteiger partial charge in [0.15, 0.2) is 0 Å². The molecule has 1 heterocycles. The number of carbonyl (C=O) groups is 1. The molecule has 4 rings (SSSR count). The molecule has 0 aliphatic rings. The molecule has 150 valence electrons. The van der Waals surface area contributed by atoms with E-state index in [1.165, 1.54) is 16.3 Å². The predicted octanol–water partition coefficient (Wildman–Crippen LogP) is 6.51. The van der Waals surface area contributed by atoms with E-state index in [2.05, 4.69) is 41.9 Å². The lowest BCUT2D eigenvalue weighted by atomic mass is 10.2. The van der Waals surface area contributed by atoms with Crippen LogP contribution >= 0.6 is 43.2 Å². The third kappa shape index (κ3) is 4.61. The molecule has 8 heteroatoms. The second-order valence-electron chi connectivity index (χ2n) is 6.25. The molecule has 0 saturated heterocycles. The van der Waals surface area contributed by atoms with Crippen molar-refractivity contribution in [2.24, 2.45) is 5.10 Å². The van der Waals surface area contributed by atoms with Crippen LogP contribution in [0, 0.1) is 0 Å². The summed E-state index contributed by atoms with van der Waals surface area (Å²) in [5.74, 6) is 0.491. The van der Waals surface area contributed by atoms with Crippen molar-refractivity contribution < 1.29 is 9.53 Å². The molecule has 0 aliphatic heterocycles. The number of amides is 1. The van der Waals surface area contributed by atoms with E-state index < -0.39 is 0 Å². The summed E-state index contributed by atoms with van der Waals surface area (Å²) in [6.45, 7) is 0. The highest BCUT2D eigenvalue weighted by Gasteiger charge is 2.21. The van der Waals surface area contributed by atoms with Crippen LogP contribution in [-0.2, 0) is 0 Å². The molecule has 4 aromatic rings. The maximum atomic E-state index is 13.3. The van der Waals surface area contributed by atoms with Gasteiger partial charge in [0.1, 0.15) is 5.75 Å². The summed E-state index contributed by atoms with van der Waals surface area (Å²) in [5.41, 5.74) is 2.16. The number of ether oxygens (including phenoxy) is 1. The number of hydrogen-bond donors (Lipinski definition) is 0. The Labute approximate surface area is 194 Å². The molecule has 5 nitrogen and oxygen atoms in total. The zero-order valence-electron chi connectivity index (χ0n) is 15.8. The van der Waals surface area contributed by atoms with Gasteiger partial charge in [0.2, 0.25) is 5.13 Å². The van der Waals surface area contributed by atoms with E-state index in [9.17, 15) is 4.79 Å². The second-order valence-corrected chi connectivity index (χ2v) is 9.09. The van der Waals surface area contributed by atoms with Gasteiger partial charge in [-0.05, 0) is 66.2 Å². The number of aromatic nitrogens is 1. The van der Waals surface area contributed by atoms with Gasteiger partial charge in [-0.1, -0.05) is 49.3 Å². The first-order chi connectivity index (χ1) is 14.5. The Hall–Kier alpha value is -2.55. The molecule has 1 amide bonds. The van der Waals surface area contributed by atoms with Crippen LogP contribution in [0.1, 0.15) is 15.9 Å². The number of hydrogen-bond acceptors (Lipinski definition) is 5. The molecule has 30 heavy (non-hydrogen) atoms. The molecular formula is C22H15Br2N3O2S. The fourth-order valence-electron chi connectivity index (χ4n) is 2.72. The van der Waals surface area contributed by atoms with Crippen LogP contribution in [-0.4, -0.2) is 24.2 Å². The van der Waals surface area contributed by atoms with Crippen molar-refractivity contribution in [3.8, 4) is 5.75 Å². The first-order valence-electron chi connectivity index (χ1n) is 8.87. The van der Waals surface area contributed by atoms with Crippen molar-refractivity contribution in [2.75, 3.05) is 12.1 Å². The van der Waals surface area contributed by atoms with Gasteiger partial charge in [-0.15, -0.1) is 0 Å². The molecule has 0 N–H and O–H groups in total. The van der Waals surface area contributed by atoms with E-state index in [1.807, 2.05) is 54.6 Å². The van der Waals surface area contributed by atoms with E-state index in [0.717, 1.165) is 30.5 Å². The minimum absolute atomic E-state index is 0.265. The van der Waals surface area contributed by atoms with Crippen LogP contribution in [0.25, 0.3) is 10.2 Å². The van der Waals surface area contributed by atoms with Crippen LogP contribution in [0.4, 0.5) is 5.13 Å². The lowest BCUT2D eigenvalue weighted by Crippen LogP contribution is -2.25. The zero-order valence-corrected chi connectivity index (χ0v) is 19.7. The van der Waals surface area contributed by atoms with Gasteiger partial charge < -0.3 is 4.74 Å². The van der Waals surface area contributed by atoms with Gasteiger partial charge in [0, 0.05) is 14.5 Å². The number of hydrazone groups is 1. The molecule has 0 aliphatic carbocycles. The summed E-state index contributed by atoms with van der Waals surface area (Å²) in [6, 6.07) is 20.5. The number of fused-ring (bicyclic) bond motifs is 1. The van der Waals surface area contributed by atoms with Crippen LogP contribution < -0.4 is 9.75 Å². The lowest BCUT2D eigenvalue weighted by Gasteiger charge is -2.14. The number of anilines is 1. The number of methoxy groups -OCH3 is 1. The van der Waals surface area contributed by atoms with Gasteiger partial charge in [-0.2, -0.15) is 10.1 Å². The fraction of sp³-hybridized carbons (Fsp3) is 0.0455. The van der Waals surface area contributed by atoms with Crippen molar-refractivity contribution in [3.05, 3.63) is 86.8 Å². The van der Waals surface area contributed by atoms with E-state index in [4.69, 9.17) is 4.74 Å². The first-order valence-corrected chi connectivity index (χ1v) is 11.3. The average molecular weight is 545 g/mol. The summed E-state index contributed by atoms with van der Waals surface area (Å²) in [6.07, 6.45) is 1.64. The van der Waals surface area contributed by atoms with Crippen molar-refractivity contribution in [1.82, 2.24) is 4.98 Å². The highest BCUT2D eigenvalue weighted by Crippen LogP contribution is 2.32. The van der Waals surface area contributed by atoms with Crippen molar-refractivity contribution >= 4 is 70.7 Å². The smallest absolute Gasteiger partial charge is 0.280 e. The maximum Gasteiger partial charge on any atom is 0.280 e. The SMILES string of the molecule is COc1ccc(/C=N/N(C(=O)c2cccc(Br)c2)c2nc3ccc(Br)cc3s2)cc1. The normalized spacial score (nSPS) is 11.2. The van der Waals surface area contributed by atoms with E-state index in [0.29, 0.717) is 10.7 Å². The van der Waals surface area contributed by atoms with Gasteiger partial charge in [0.05, 0.1) is 23.5 Å². The van der Waals surface area contributed by atoms with Crippen LogP contribution in [0.3, 0.4) is 0 Å². The van der Waals surface area contributed by atoms with Crippen molar-refractivity contribution in [3.63, 3.8) is 0 Å². The Morgan fingerprint density at radius 3 is 2.57 bits per heavy atom. The minimum Gasteiger partial charge on any atom is -0.497 e. The number of benzene rings is 3. The van der Waals surface area contributed by atoms with Crippen LogP contribution in [0.2, 0.25) is 0 Å². The predicted molar refractivity (Wildman–Crippen MR) is 129 cm³/mol. The molecule has 0 fully saturated rings. The summed E-state index contributed by atoms with van der Waals surface area (Å²) in [4.78, 5) is 17.9. The van der Waals surface area contributed by atoms with Crippen molar-refractivity contribution in [2.45, 2.75) is 0 Å². The van der Waals surface area contributed by atoms with E-state index in [-0.39, 0.29) is 5.91 Å². The third-order valence-corrected chi connectivity index (χ3v) is 6.20. The Bertz CT molecular complexity index is 1240. The molecule has 0 atom stereocenters. The average Bonchev–Trinajstić information content (AvgIpc) is 3.17. The fourth-order valence-corrected chi connectivity index (χ4v) is 4.60. The summed E-state index contributed by atoms with van der Waals surface area (Å²) in [7, 11) is 1.62. The quantitative estimate of drug-likeness (QED) is 0.212. The minimum atomic E-state index is -0.265. The Balaban J connectivity index is 1.74. The number of thiazole rings is 1. The molecule has 1 aromatic heterocycles.